The van der Waals surface area contributed by atoms with Gasteiger partial charge in [-0.2, -0.15) is 4.31 Å². The van der Waals surface area contributed by atoms with E-state index in [9.17, 15) is 18.0 Å². The van der Waals surface area contributed by atoms with Gasteiger partial charge < -0.3 is 19.4 Å². The highest BCUT2D eigenvalue weighted by molar-refractivity contribution is 7.89. The van der Waals surface area contributed by atoms with Gasteiger partial charge in [-0.05, 0) is 49.6 Å². The Morgan fingerprint density at radius 2 is 2.00 bits per heavy atom. The van der Waals surface area contributed by atoms with E-state index in [1.165, 1.54) is 16.4 Å². The molecule has 1 N–H and O–H groups in total. The molecule has 1 aromatic carbocycles. The van der Waals surface area contributed by atoms with Gasteiger partial charge in [-0.15, -0.1) is 0 Å². The molecule has 1 aromatic heterocycles. The Hall–Kier alpha value is -2.85. The van der Waals surface area contributed by atoms with Crippen LogP contribution in [0.3, 0.4) is 0 Å². The Balaban J connectivity index is 1.40. The van der Waals surface area contributed by atoms with Crippen molar-refractivity contribution in [1.29, 1.82) is 0 Å². The van der Waals surface area contributed by atoms with Crippen molar-refractivity contribution in [1.82, 2.24) is 9.21 Å². The van der Waals surface area contributed by atoms with Crippen molar-refractivity contribution in [2.45, 2.75) is 43.7 Å². The van der Waals surface area contributed by atoms with E-state index in [-0.39, 0.29) is 35.7 Å². The molecule has 0 radical (unpaired) electrons. The Labute approximate surface area is 187 Å². The van der Waals surface area contributed by atoms with Crippen LogP contribution < -0.4 is 10.1 Å². The fraction of sp³-hybridized carbons (Fsp3) is 0.455. The summed E-state index contributed by atoms with van der Waals surface area (Å²) in [7, 11) is -2.03. The summed E-state index contributed by atoms with van der Waals surface area (Å²) in [6, 6.07) is 8.09. The number of nitrogens with one attached hydrogen (secondary N) is 1. The second-order valence-electron chi connectivity index (χ2n) is 8.11. The SMILES string of the molecule is CC[C@H]1Oc2ccc(S(=O)(=O)N3CCC(C(=O)N(C)Cc4ccco4)CC3)cc2NC1=O. The molecular formula is C22H27N3O6S. The maximum Gasteiger partial charge on any atom is 0.265 e. The van der Waals surface area contributed by atoms with E-state index in [2.05, 4.69) is 5.32 Å². The number of carbonyl (C=O) groups is 2. The Morgan fingerprint density at radius 3 is 2.66 bits per heavy atom. The van der Waals surface area contributed by atoms with Crippen LogP contribution in [0, 0.1) is 5.92 Å². The van der Waals surface area contributed by atoms with E-state index in [1.807, 2.05) is 13.0 Å². The van der Waals surface area contributed by atoms with E-state index < -0.39 is 16.1 Å². The maximum absolute atomic E-state index is 13.2. The predicted molar refractivity (Wildman–Crippen MR) is 116 cm³/mol. The summed E-state index contributed by atoms with van der Waals surface area (Å²) >= 11 is 0. The van der Waals surface area contributed by atoms with Gasteiger partial charge in [0, 0.05) is 26.1 Å². The zero-order chi connectivity index (χ0) is 22.9. The van der Waals surface area contributed by atoms with Gasteiger partial charge in [0.1, 0.15) is 11.5 Å². The molecule has 0 unspecified atom stereocenters. The molecule has 4 rings (SSSR count). The summed E-state index contributed by atoms with van der Waals surface area (Å²) in [4.78, 5) is 26.5. The minimum Gasteiger partial charge on any atom is -0.478 e. The first-order chi connectivity index (χ1) is 15.3. The quantitative estimate of drug-likeness (QED) is 0.708. The van der Waals surface area contributed by atoms with Gasteiger partial charge in [0.15, 0.2) is 6.10 Å². The first kappa shape index (κ1) is 22.3. The minimum absolute atomic E-state index is 0.0161. The van der Waals surface area contributed by atoms with Gasteiger partial charge >= 0.3 is 0 Å². The van der Waals surface area contributed by atoms with Gasteiger partial charge in [-0.1, -0.05) is 6.92 Å². The van der Waals surface area contributed by atoms with Gasteiger partial charge in [-0.25, -0.2) is 8.42 Å². The first-order valence-electron chi connectivity index (χ1n) is 10.7. The smallest absolute Gasteiger partial charge is 0.265 e. The van der Waals surface area contributed by atoms with Crippen LogP contribution in [-0.2, 0) is 26.2 Å². The first-order valence-corrected chi connectivity index (χ1v) is 12.1. The van der Waals surface area contributed by atoms with Crippen LogP contribution in [0.25, 0.3) is 0 Å². The molecule has 1 fully saturated rings. The standard InChI is InChI=1S/C22H27N3O6S/c1-3-19-21(26)23-18-13-17(6-7-20(18)31-19)32(28,29)25-10-8-15(9-11-25)22(27)24(2)14-16-5-4-12-30-16/h4-7,12-13,15,19H,3,8-11,14H2,1-2H3,(H,23,26)/t19-/m1/s1. The number of piperidine rings is 1. The molecule has 2 aliphatic heterocycles. The maximum atomic E-state index is 13.2. The lowest BCUT2D eigenvalue weighted by Crippen LogP contribution is -2.43. The third-order valence-electron chi connectivity index (χ3n) is 5.93. The largest absolute Gasteiger partial charge is 0.478 e. The van der Waals surface area contributed by atoms with Gasteiger partial charge in [-0.3, -0.25) is 9.59 Å². The molecule has 0 bridgehead atoms. The molecule has 0 saturated carbocycles. The highest BCUT2D eigenvalue weighted by atomic mass is 32.2. The Kier molecular flexibility index (Phi) is 6.25. The molecule has 2 aliphatic rings. The van der Waals surface area contributed by atoms with Gasteiger partial charge in [0.25, 0.3) is 5.91 Å². The molecule has 9 nitrogen and oxygen atoms in total. The van der Waals surface area contributed by atoms with Crippen molar-refractivity contribution >= 4 is 27.5 Å². The molecule has 10 heteroatoms. The van der Waals surface area contributed by atoms with E-state index in [0.717, 1.165) is 0 Å². The van der Waals surface area contributed by atoms with Crippen molar-refractivity contribution in [2.24, 2.45) is 5.92 Å². The average molecular weight is 462 g/mol. The van der Waals surface area contributed by atoms with E-state index in [1.54, 1.807) is 30.3 Å². The number of benzene rings is 1. The van der Waals surface area contributed by atoms with Crippen molar-refractivity contribution in [3.05, 3.63) is 42.4 Å². The summed E-state index contributed by atoms with van der Waals surface area (Å²) < 4.78 is 38.6. The second-order valence-corrected chi connectivity index (χ2v) is 10.1. The molecule has 0 aliphatic carbocycles. The number of carbonyl (C=O) groups excluding carboxylic acids is 2. The number of amides is 2. The third-order valence-corrected chi connectivity index (χ3v) is 7.83. The lowest BCUT2D eigenvalue weighted by atomic mass is 9.96. The topological polar surface area (TPSA) is 109 Å². The van der Waals surface area contributed by atoms with Gasteiger partial charge in [0.05, 0.1) is 23.4 Å². The number of sulfonamides is 1. The summed E-state index contributed by atoms with van der Waals surface area (Å²) in [6.07, 6.45) is 2.41. The zero-order valence-corrected chi connectivity index (χ0v) is 18.9. The third kappa shape index (κ3) is 4.37. The second kappa shape index (κ2) is 8.95. The number of fused-ring (bicyclic) bond motifs is 1. The summed E-state index contributed by atoms with van der Waals surface area (Å²) in [5.74, 6) is 0.627. The molecule has 1 saturated heterocycles. The van der Waals surface area contributed by atoms with Crippen molar-refractivity contribution in [3.63, 3.8) is 0 Å². The average Bonchev–Trinajstić information content (AvgIpc) is 3.30. The number of nitrogens with zero attached hydrogens (tertiary/aromatic N) is 2. The monoisotopic (exact) mass is 461 g/mol. The van der Waals surface area contributed by atoms with E-state index in [0.29, 0.717) is 43.0 Å². The number of rotatable bonds is 6. The van der Waals surface area contributed by atoms with Crippen molar-refractivity contribution < 1.29 is 27.2 Å². The fourth-order valence-corrected chi connectivity index (χ4v) is 5.57. The van der Waals surface area contributed by atoms with Crippen LogP contribution in [0.4, 0.5) is 5.69 Å². The molecular weight excluding hydrogens is 434 g/mol. The van der Waals surface area contributed by atoms with Crippen LogP contribution in [0.2, 0.25) is 0 Å². The number of anilines is 1. The van der Waals surface area contributed by atoms with Crippen LogP contribution in [0.5, 0.6) is 5.75 Å². The lowest BCUT2D eigenvalue weighted by Gasteiger charge is -2.32. The molecule has 2 aromatic rings. The predicted octanol–water partition coefficient (Wildman–Crippen LogP) is 2.45. The number of hydrogen-bond donors (Lipinski definition) is 1. The molecule has 1 atom stereocenters. The summed E-state index contributed by atoms with van der Waals surface area (Å²) in [5.41, 5.74) is 0.352. The number of furan rings is 1. The molecule has 0 spiro atoms. The van der Waals surface area contributed by atoms with Crippen LogP contribution >= 0.6 is 0 Å². The molecule has 172 valence electrons. The summed E-state index contributed by atoms with van der Waals surface area (Å²) in [6.45, 7) is 2.74. The van der Waals surface area contributed by atoms with Crippen LogP contribution in [0.15, 0.2) is 45.9 Å². The van der Waals surface area contributed by atoms with Crippen molar-refractivity contribution in [2.75, 3.05) is 25.5 Å². The van der Waals surface area contributed by atoms with Crippen LogP contribution in [0.1, 0.15) is 31.9 Å². The van der Waals surface area contributed by atoms with Crippen molar-refractivity contribution in [3.8, 4) is 5.75 Å². The Bertz CT molecular complexity index is 1090. The Morgan fingerprint density at radius 1 is 1.25 bits per heavy atom. The highest BCUT2D eigenvalue weighted by Gasteiger charge is 2.34. The molecule has 2 amide bonds. The fourth-order valence-electron chi connectivity index (χ4n) is 4.08. The van der Waals surface area contributed by atoms with E-state index >= 15 is 0 Å². The van der Waals surface area contributed by atoms with Gasteiger partial charge in [0.2, 0.25) is 15.9 Å². The zero-order valence-electron chi connectivity index (χ0n) is 18.1. The molecule has 3 heterocycles. The number of ether oxygens (including phenoxy) is 1. The number of hydrogen-bond acceptors (Lipinski definition) is 6. The van der Waals surface area contributed by atoms with Crippen LogP contribution in [-0.4, -0.2) is 55.7 Å². The lowest BCUT2D eigenvalue weighted by molar-refractivity contribution is -0.136. The summed E-state index contributed by atoms with van der Waals surface area (Å²) in [5, 5.41) is 2.72. The van der Waals surface area contributed by atoms with E-state index in [4.69, 9.17) is 9.15 Å². The normalized spacial score (nSPS) is 19.7. The molecule has 32 heavy (non-hydrogen) atoms. The highest BCUT2D eigenvalue weighted by Crippen LogP contribution is 2.34. The minimum atomic E-state index is -3.76.